The molecule has 0 saturated carbocycles. The summed E-state index contributed by atoms with van der Waals surface area (Å²) in [7, 11) is 0. The van der Waals surface area contributed by atoms with Gasteiger partial charge in [-0.15, -0.1) is 22.9 Å². The van der Waals surface area contributed by atoms with E-state index in [0.29, 0.717) is 16.6 Å². The normalized spacial score (nSPS) is 10.4. The average Bonchev–Trinajstić information content (AvgIpc) is 2.76. The fourth-order valence-electron chi connectivity index (χ4n) is 1.66. The van der Waals surface area contributed by atoms with E-state index in [1.807, 2.05) is 37.4 Å². The zero-order chi connectivity index (χ0) is 13.1. The quantitative estimate of drug-likeness (QED) is 0.870. The van der Waals surface area contributed by atoms with Crippen LogP contribution in [0.25, 0.3) is 0 Å². The molecule has 1 aromatic carbocycles. The molecule has 0 atom stereocenters. The van der Waals surface area contributed by atoms with Crippen LogP contribution >= 0.6 is 22.9 Å². The Kier molecular flexibility index (Phi) is 3.99. The van der Waals surface area contributed by atoms with Gasteiger partial charge in [-0.2, -0.15) is 0 Å². The van der Waals surface area contributed by atoms with Gasteiger partial charge in [-0.05, 0) is 25.5 Å². The van der Waals surface area contributed by atoms with Crippen molar-refractivity contribution in [3.63, 3.8) is 0 Å². The molecule has 1 N–H and O–H groups in total. The molecule has 3 nitrogen and oxygen atoms in total. The topological polar surface area (TPSA) is 42.0 Å². The average molecular weight is 281 g/mol. The Bertz CT molecular complexity index is 580. The van der Waals surface area contributed by atoms with Gasteiger partial charge in [-0.3, -0.25) is 10.1 Å². The van der Waals surface area contributed by atoms with Crippen LogP contribution in [0.15, 0.2) is 23.6 Å². The summed E-state index contributed by atoms with van der Waals surface area (Å²) in [6, 6.07) is 5.74. The number of alkyl halides is 1. The molecule has 1 aromatic heterocycles. The van der Waals surface area contributed by atoms with Crippen molar-refractivity contribution in [1.29, 1.82) is 0 Å². The van der Waals surface area contributed by atoms with Gasteiger partial charge in [0.05, 0.1) is 11.6 Å². The Morgan fingerprint density at radius 2 is 2.22 bits per heavy atom. The molecular weight excluding hydrogens is 268 g/mol. The molecule has 0 radical (unpaired) electrons. The minimum absolute atomic E-state index is 0.136. The summed E-state index contributed by atoms with van der Waals surface area (Å²) in [6.07, 6.45) is 0. The van der Waals surface area contributed by atoms with E-state index >= 15 is 0 Å². The Morgan fingerprint density at radius 1 is 1.44 bits per heavy atom. The Hall–Kier alpha value is -1.39. The second-order valence-corrected chi connectivity index (χ2v) is 5.18. The number of amides is 1. The number of anilines is 1. The highest BCUT2D eigenvalue weighted by molar-refractivity contribution is 7.14. The van der Waals surface area contributed by atoms with Crippen LogP contribution in [0, 0.1) is 13.8 Å². The summed E-state index contributed by atoms with van der Waals surface area (Å²) in [5.74, 6) is 0.221. The molecule has 5 heteroatoms. The molecule has 0 unspecified atom stereocenters. The lowest BCUT2D eigenvalue weighted by molar-refractivity contribution is 0.102. The summed E-state index contributed by atoms with van der Waals surface area (Å²) < 4.78 is 0. The molecule has 0 saturated heterocycles. The molecular formula is C13H13ClN2OS. The van der Waals surface area contributed by atoms with E-state index in [9.17, 15) is 4.79 Å². The summed E-state index contributed by atoms with van der Waals surface area (Å²) in [5.41, 5.74) is 3.55. The number of aromatic nitrogens is 1. The SMILES string of the molecule is Cc1ccc(C(=O)Nc2nc(CCl)cs2)c(C)c1. The zero-order valence-electron chi connectivity index (χ0n) is 10.2. The number of carbonyl (C=O) groups is 1. The molecule has 0 fully saturated rings. The first kappa shape index (κ1) is 13.1. The van der Waals surface area contributed by atoms with E-state index in [2.05, 4.69) is 10.3 Å². The third-order valence-corrected chi connectivity index (χ3v) is 3.62. The van der Waals surface area contributed by atoms with Gasteiger partial charge < -0.3 is 0 Å². The predicted octanol–water partition coefficient (Wildman–Crippen LogP) is 3.75. The summed E-state index contributed by atoms with van der Waals surface area (Å²) in [6.45, 7) is 3.93. The van der Waals surface area contributed by atoms with Gasteiger partial charge in [-0.1, -0.05) is 17.7 Å². The van der Waals surface area contributed by atoms with E-state index in [-0.39, 0.29) is 5.91 Å². The number of nitrogens with zero attached hydrogens (tertiary/aromatic N) is 1. The first-order chi connectivity index (χ1) is 8.60. The fourth-order valence-corrected chi connectivity index (χ4v) is 2.59. The lowest BCUT2D eigenvalue weighted by Crippen LogP contribution is -2.13. The monoisotopic (exact) mass is 280 g/mol. The molecule has 18 heavy (non-hydrogen) atoms. The molecule has 2 rings (SSSR count). The number of halogens is 1. The minimum atomic E-state index is -0.136. The summed E-state index contributed by atoms with van der Waals surface area (Å²) in [5, 5.41) is 5.20. The number of hydrogen-bond donors (Lipinski definition) is 1. The van der Waals surface area contributed by atoms with Crippen LogP contribution in [0.2, 0.25) is 0 Å². The van der Waals surface area contributed by atoms with Crippen LogP contribution in [-0.4, -0.2) is 10.9 Å². The van der Waals surface area contributed by atoms with Gasteiger partial charge in [0.2, 0.25) is 0 Å². The first-order valence-corrected chi connectivity index (χ1v) is 6.90. The molecule has 1 heterocycles. The van der Waals surface area contributed by atoms with Gasteiger partial charge in [0.25, 0.3) is 5.91 Å². The van der Waals surface area contributed by atoms with Crippen molar-refractivity contribution in [2.75, 3.05) is 5.32 Å². The first-order valence-electron chi connectivity index (χ1n) is 5.49. The maximum absolute atomic E-state index is 12.1. The van der Waals surface area contributed by atoms with Gasteiger partial charge in [-0.25, -0.2) is 4.98 Å². The Morgan fingerprint density at radius 3 is 2.83 bits per heavy atom. The van der Waals surface area contributed by atoms with Crippen LogP contribution in [0.3, 0.4) is 0 Å². The van der Waals surface area contributed by atoms with Gasteiger partial charge >= 0.3 is 0 Å². The number of rotatable bonds is 3. The minimum Gasteiger partial charge on any atom is -0.298 e. The highest BCUT2D eigenvalue weighted by Gasteiger charge is 2.11. The van der Waals surface area contributed by atoms with E-state index < -0.39 is 0 Å². The molecule has 1 amide bonds. The van der Waals surface area contributed by atoms with Gasteiger partial charge in [0, 0.05) is 10.9 Å². The molecule has 0 bridgehead atoms. The largest absolute Gasteiger partial charge is 0.298 e. The Labute approximate surface area is 115 Å². The standard InChI is InChI=1S/C13H13ClN2OS/c1-8-3-4-11(9(2)5-8)12(17)16-13-15-10(6-14)7-18-13/h3-5,7H,6H2,1-2H3,(H,15,16,17). The van der Waals surface area contributed by atoms with Gasteiger partial charge in [0.1, 0.15) is 0 Å². The van der Waals surface area contributed by atoms with Crippen LogP contribution < -0.4 is 5.32 Å². The second kappa shape index (κ2) is 5.50. The van der Waals surface area contributed by atoms with E-state index in [1.165, 1.54) is 11.3 Å². The highest BCUT2D eigenvalue weighted by atomic mass is 35.5. The highest BCUT2D eigenvalue weighted by Crippen LogP contribution is 2.18. The maximum Gasteiger partial charge on any atom is 0.257 e. The molecule has 0 aliphatic carbocycles. The third kappa shape index (κ3) is 2.89. The maximum atomic E-state index is 12.1. The molecule has 0 aliphatic rings. The van der Waals surface area contributed by atoms with Crippen LogP contribution in [0.4, 0.5) is 5.13 Å². The fraction of sp³-hybridized carbons (Fsp3) is 0.231. The van der Waals surface area contributed by atoms with Crippen molar-refractivity contribution < 1.29 is 4.79 Å². The van der Waals surface area contributed by atoms with Crippen LogP contribution in [0.1, 0.15) is 27.2 Å². The number of aryl methyl sites for hydroxylation is 2. The number of carbonyl (C=O) groups excluding carboxylic acids is 1. The summed E-state index contributed by atoms with van der Waals surface area (Å²) >= 11 is 7.05. The molecule has 2 aromatic rings. The Balaban J connectivity index is 2.16. The lowest BCUT2D eigenvalue weighted by atomic mass is 10.1. The van der Waals surface area contributed by atoms with E-state index in [4.69, 9.17) is 11.6 Å². The summed E-state index contributed by atoms with van der Waals surface area (Å²) in [4.78, 5) is 16.3. The number of thiazole rings is 1. The predicted molar refractivity (Wildman–Crippen MR) is 75.5 cm³/mol. The number of hydrogen-bond acceptors (Lipinski definition) is 3. The van der Waals surface area contributed by atoms with Crippen molar-refractivity contribution in [1.82, 2.24) is 4.98 Å². The van der Waals surface area contributed by atoms with E-state index in [1.54, 1.807) is 0 Å². The van der Waals surface area contributed by atoms with Crippen molar-refractivity contribution >= 4 is 34.0 Å². The smallest absolute Gasteiger partial charge is 0.257 e. The lowest BCUT2D eigenvalue weighted by Gasteiger charge is -2.06. The van der Waals surface area contributed by atoms with E-state index in [0.717, 1.165) is 16.8 Å². The van der Waals surface area contributed by atoms with Crippen molar-refractivity contribution in [3.05, 3.63) is 46.0 Å². The van der Waals surface area contributed by atoms with Gasteiger partial charge in [0.15, 0.2) is 5.13 Å². The molecule has 0 spiro atoms. The molecule has 94 valence electrons. The van der Waals surface area contributed by atoms with Crippen LogP contribution in [0.5, 0.6) is 0 Å². The van der Waals surface area contributed by atoms with Crippen LogP contribution in [-0.2, 0) is 5.88 Å². The van der Waals surface area contributed by atoms with Crippen molar-refractivity contribution in [3.8, 4) is 0 Å². The third-order valence-electron chi connectivity index (χ3n) is 2.54. The van der Waals surface area contributed by atoms with Crippen molar-refractivity contribution in [2.45, 2.75) is 19.7 Å². The zero-order valence-corrected chi connectivity index (χ0v) is 11.7. The number of nitrogens with one attached hydrogen (secondary N) is 1. The second-order valence-electron chi connectivity index (χ2n) is 4.05. The molecule has 0 aliphatic heterocycles. The number of benzene rings is 1. The van der Waals surface area contributed by atoms with Crippen molar-refractivity contribution in [2.24, 2.45) is 0 Å².